The van der Waals surface area contributed by atoms with Crippen molar-refractivity contribution in [3.05, 3.63) is 46.5 Å². The standard InChI is InChI=1S/C13H18ClN/c1-3-4-5-8-15-10-12-6-7-13(14)11(2)9-12/h3-4,6-7,9,15H,5,8,10H2,1-2H3/b4-3+. The first-order chi connectivity index (χ1) is 7.24. The first-order valence-corrected chi connectivity index (χ1v) is 5.68. The first kappa shape index (κ1) is 12.3. The van der Waals surface area contributed by atoms with E-state index in [0.717, 1.165) is 30.1 Å². The fraction of sp³-hybridized carbons (Fsp3) is 0.385. The molecule has 0 aliphatic heterocycles. The van der Waals surface area contributed by atoms with Gasteiger partial charge in [0.15, 0.2) is 0 Å². The maximum atomic E-state index is 5.95. The Labute approximate surface area is 97.1 Å². The van der Waals surface area contributed by atoms with Gasteiger partial charge in [0.25, 0.3) is 0 Å². The van der Waals surface area contributed by atoms with Crippen molar-refractivity contribution in [3.8, 4) is 0 Å². The Hall–Kier alpha value is -0.790. The molecule has 0 saturated carbocycles. The van der Waals surface area contributed by atoms with Crippen molar-refractivity contribution < 1.29 is 0 Å². The Morgan fingerprint density at radius 2 is 2.20 bits per heavy atom. The van der Waals surface area contributed by atoms with Crippen LogP contribution < -0.4 is 5.32 Å². The summed E-state index contributed by atoms with van der Waals surface area (Å²) in [5, 5.41) is 4.23. The molecule has 1 rings (SSSR count). The van der Waals surface area contributed by atoms with Crippen LogP contribution in [0.1, 0.15) is 24.5 Å². The lowest BCUT2D eigenvalue weighted by Crippen LogP contribution is -2.14. The van der Waals surface area contributed by atoms with Crippen LogP contribution in [0.5, 0.6) is 0 Å². The minimum Gasteiger partial charge on any atom is -0.312 e. The van der Waals surface area contributed by atoms with Crippen LogP contribution in [-0.4, -0.2) is 6.54 Å². The smallest absolute Gasteiger partial charge is 0.0435 e. The molecule has 0 unspecified atom stereocenters. The van der Waals surface area contributed by atoms with E-state index in [1.165, 1.54) is 5.56 Å². The Morgan fingerprint density at radius 1 is 1.40 bits per heavy atom. The normalized spacial score (nSPS) is 11.1. The zero-order valence-corrected chi connectivity index (χ0v) is 10.1. The van der Waals surface area contributed by atoms with Gasteiger partial charge in [-0.3, -0.25) is 0 Å². The average molecular weight is 224 g/mol. The number of aryl methyl sites for hydroxylation is 1. The Bertz CT molecular complexity index is 331. The van der Waals surface area contributed by atoms with Crippen molar-refractivity contribution >= 4 is 11.6 Å². The topological polar surface area (TPSA) is 12.0 Å². The minimum atomic E-state index is 0.840. The largest absolute Gasteiger partial charge is 0.312 e. The molecule has 1 aromatic carbocycles. The highest BCUT2D eigenvalue weighted by Crippen LogP contribution is 2.15. The number of hydrogen-bond donors (Lipinski definition) is 1. The van der Waals surface area contributed by atoms with Gasteiger partial charge in [0, 0.05) is 11.6 Å². The van der Waals surface area contributed by atoms with Crippen LogP contribution in [-0.2, 0) is 6.54 Å². The van der Waals surface area contributed by atoms with Crippen molar-refractivity contribution in [2.75, 3.05) is 6.54 Å². The molecule has 0 heterocycles. The SMILES string of the molecule is C/C=C/CCNCc1ccc(Cl)c(C)c1. The quantitative estimate of drug-likeness (QED) is 0.593. The molecule has 0 radical (unpaired) electrons. The van der Waals surface area contributed by atoms with Crippen LogP contribution in [0.3, 0.4) is 0 Å². The highest BCUT2D eigenvalue weighted by molar-refractivity contribution is 6.31. The summed E-state index contributed by atoms with van der Waals surface area (Å²) in [4.78, 5) is 0. The van der Waals surface area contributed by atoms with E-state index in [-0.39, 0.29) is 0 Å². The molecule has 0 spiro atoms. The Balaban J connectivity index is 2.34. The molecule has 2 heteroatoms. The van der Waals surface area contributed by atoms with Crippen LogP contribution in [0, 0.1) is 6.92 Å². The molecule has 82 valence electrons. The van der Waals surface area contributed by atoms with Gasteiger partial charge in [-0.05, 0) is 44.0 Å². The van der Waals surface area contributed by atoms with E-state index in [4.69, 9.17) is 11.6 Å². The molecule has 15 heavy (non-hydrogen) atoms. The highest BCUT2D eigenvalue weighted by Gasteiger charge is 1.96. The van der Waals surface area contributed by atoms with E-state index in [9.17, 15) is 0 Å². The molecular formula is C13H18ClN. The molecule has 0 fully saturated rings. The maximum Gasteiger partial charge on any atom is 0.0435 e. The molecule has 0 saturated heterocycles. The molecule has 0 bridgehead atoms. The van der Waals surface area contributed by atoms with E-state index in [1.54, 1.807) is 0 Å². The second-order valence-corrected chi connectivity index (χ2v) is 4.03. The lowest BCUT2D eigenvalue weighted by molar-refractivity contribution is 0.695. The van der Waals surface area contributed by atoms with Crippen LogP contribution in [0.4, 0.5) is 0 Å². The number of allylic oxidation sites excluding steroid dienone is 1. The van der Waals surface area contributed by atoms with Crippen molar-refractivity contribution in [2.24, 2.45) is 0 Å². The molecule has 0 amide bonds. The van der Waals surface area contributed by atoms with Gasteiger partial charge in [0.2, 0.25) is 0 Å². The van der Waals surface area contributed by atoms with Gasteiger partial charge in [-0.2, -0.15) is 0 Å². The van der Waals surface area contributed by atoms with Crippen molar-refractivity contribution in [2.45, 2.75) is 26.8 Å². The second-order valence-electron chi connectivity index (χ2n) is 3.62. The summed E-state index contributed by atoms with van der Waals surface area (Å²) in [5.41, 5.74) is 2.43. The van der Waals surface area contributed by atoms with E-state index < -0.39 is 0 Å². The van der Waals surface area contributed by atoms with Crippen LogP contribution >= 0.6 is 11.6 Å². The fourth-order valence-corrected chi connectivity index (χ4v) is 1.52. The molecular weight excluding hydrogens is 206 g/mol. The summed E-state index contributed by atoms with van der Waals surface area (Å²) in [6.07, 6.45) is 5.33. The summed E-state index contributed by atoms with van der Waals surface area (Å²) in [5.74, 6) is 0. The van der Waals surface area contributed by atoms with Gasteiger partial charge in [0.1, 0.15) is 0 Å². The lowest BCUT2D eigenvalue weighted by atomic mass is 10.1. The van der Waals surface area contributed by atoms with Gasteiger partial charge in [0.05, 0.1) is 0 Å². The fourth-order valence-electron chi connectivity index (χ4n) is 1.40. The predicted molar refractivity (Wildman–Crippen MR) is 67.3 cm³/mol. The summed E-state index contributed by atoms with van der Waals surface area (Å²) in [6.45, 7) is 6.01. The number of rotatable bonds is 5. The zero-order chi connectivity index (χ0) is 11.1. The van der Waals surface area contributed by atoms with Gasteiger partial charge in [-0.1, -0.05) is 35.9 Å². The molecule has 0 atom stereocenters. The second kappa shape index (κ2) is 6.65. The van der Waals surface area contributed by atoms with Gasteiger partial charge >= 0.3 is 0 Å². The summed E-state index contributed by atoms with van der Waals surface area (Å²) in [7, 11) is 0. The molecule has 0 aromatic heterocycles. The highest BCUT2D eigenvalue weighted by atomic mass is 35.5. The molecule has 1 nitrogen and oxygen atoms in total. The summed E-state index contributed by atoms with van der Waals surface area (Å²) in [6, 6.07) is 6.16. The van der Waals surface area contributed by atoms with E-state index in [1.807, 2.05) is 19.9 Å². The molecule has 0 aliphatic rings. The number of halogens is 1. The van der Waals surface area contributed by atoms with E-state index >= 15 is 0 Å². The maximum absolute atomic E-state index is 5.95. The van der Waals surface area contributed by atoms with Gasteiger partial charge < -0.3 is 5.32 Å². The molecule has 1 aromatic rings. The number of hydrogen-bond acceptors (Lipinski definition) is 1. The number of nitrogens with one attached hydrogen (secondary N) is 1. The predicted octanol–water partition coefficient (Wildman–Crippen LogP) is 3.70. The zero-order valence-electron chi connectivity index (χ0n) is 9.39. The molecule has 0 aliphatic carbocycles. The van der Waals surface area contributed by atoms with Crippen LogP contribution in [0.2, 0.25) is 5.02 Å². The van der Waals surface area contributed by atoms with E-state index in [2.05, 4.69) is 29.6 Å². The monoisotopic (exact) mass is 223 g/mol. The Kier molecular flexibility index (Phi) is 5.44. The average Bonchev–Trinajstić information content (AvgIpc) is 2.23. The Morgan fingerprint density at radius 3 is 2.87 bits per heavy atom. The lowest BCUT2D eigenvalue weighted by Gasteiger charge is -2.05. The van der Waals surface area contributed by atoms with Crippen molar-refractivity contribution in [1.82, 2.24) is 5.32 Å². The third kappa shape index (κ3) is 4.50. The van der Waals surface area contributed by atoms with Crippen molar-refractivity contribution in [3.63, 3.8) is 0 Å². The first-order valence-electron chi connectivity index (χ1n) is 5.31. The third-order valence-corrected chi connectivity index (χ3v) is 2.70. The minimum absolute atomic E-state index is 0.840. The summed E-state index contributed by atoms with van der Waals surface area (Å²) < 4.78 is 0. The van der Waals surface area contributed by atoms with E-state index in [0.29, 0.717) is 0 Å². The number of benzene rings is 1. The third-order valence-electron chi connectivity index (χ3n) is 2.27. The summed E-state index contributed by atoms with van der Waals surface area (Å²) >= 11 is 5.95. The van der Waals surface area contributed by atoms with Gasteiger partial charge in [-0.25, -0.2) is 0 Å². The van der Waals surface area contributed by atoms with Crippen molar-refractivity contribution in [1.29, 1.82) is 0 Å². The van der Waals surface area contributed by atoms with Crippen LogP contribution in [0.25, 0.3) is 0 Å². The molecule has 1 N–H and O–H groups in total. The van der Waals surface area contributed by atoms with Crippen LogP contribution in [0.15, 0.2) is 30.4 Å². The van der Waals surface area contributed by atoms with Gasteiger partial charge in [-0.15, -0.1) is 0 Å².